The van der Waals surface area contributed by atoms with E-state index >= 15 is 4.39 Å². The minimum atomic E-state index is -0.450. The molecule has 6 rings (SSSR count). The molecule has 3 heterocycles. The number of halogens is 3. The van der Waals surface area contributed by atoms with Crippen molar-refractivity contribution in [3.8, 4) is 17.1 Å². The molecular formula is C31H22ClF2N3O2. The van der Waals surface area contributed by atoms with Crippen LogP contribution >= 0.6 is 11.6 Å². The molecule has 194 valence electrons. The van der Waals surface area contributed by atoms with Crippen LogP contribution in [0.15, 0.2) is 102 Å². The summed E-state index contributed by atoms with van der Waals surface area (Å²) in [5, 5.41) is 0.316. The average molecular weight is 542 g/mol. The molecule has 0 unspecified atom stereocenters. The normalized spacial score (nSPS) is 11.3. The summed E-state index contributed by atoms with van der Waals surface area (Å²) in [7, 11) is 0. The van der Waals surface area contributed by atoms with Crippen molar-refractivity contribution in [1.29, 1.82) is 0 Å². The van der Waals surface area contributed by atoms with Gasteiger partial charge in [0.25, 0.3) is 0 Å². The highest BCUT2D eigenvalue weighted by molar-refractivity contribution is 6.30. The Morgan fingerprint density at radius 1 is 0.821 bits per heavy atom. The Morgan fingerprint density at radius 2 is 1.67 bits per heavy atom. The number of pyridine rings is 1. The van der Waals surface area contributed by atoms with Crippen LogP contribution in [-0.4, -0.2) is 14.5 Å². The number of imidazole rings is 1. The first-order chi connectivity index (χ1) is 19.0. The van der Waals surface area contributed by atoms with Gasteiger partial charge in [0.1, 0.15) is 29.8 Å². The van der Waals surface area contributed by atoms with Gasteiger partial charge in [-0.2, -0.15) is 0 Å². The Kier molecular flexibility index (Phi) is 6.82. The van der Waals surface area contributed by atoms with Crippen molar-refractivity contribution in [3.63, 3.8) is 0 Å². The Bertz CT molecular complexity index is 1770. The number of fused-ring (bicyclic) bond motifs is 1. The lowest BCUT2D eigenvalue weighted by molar-refractivity contribution is 0.288. The van der Waals surface area contributed by atoms with Gasteiger partial charge in [-0.3, -0.25) is 0 Å². The summed E-state index contributed by atoms with van der Waals surface area (Å²) >= 11 is 5.81. The smallest absolute Gasteiger partial charge is 0.214 e. The minimum absolute atomic E-state index is 0.00817. The molecule has 0 aliphatic heterocycles. The third-order valence-corrected chi connectivity index (χ3v) is 6.67. The molecule has 3 aromatic heterocycles. The zero-order valence-corrected chi connectivity index (χ0v) is 21.4. The molecule has 0 radical (unpaired) electrons. The van der Waals surface area contributed by atoms with Crippen LogP contribution in [0.5, 0.6) is 5.88 Å². The van der Waals surface area contributed by atoms with Crippen molar-refractivity contribution in [2.24, 2.45) is 0 Å². The molecule has 0 amide bonds. The van der Waals surface area contributed by atoms with E-state index in [1.54, 1.807) is 42.7 Å². The highest BCUT2D eigenvalue weighted by Crippen LogP contribution is 2.26. The molecule has 0 atom stereocenters. The summed E-state index contributed by atoms with van der Waals surface area (Å²) in [5.41, 5.74) is 3.82. The van der Waals surface area contributed by atoms with Crippen LogP contribution in [0.1, 0.15) is 22.7 Å². The van der Waals surface area contributed by atoms with Crippen LogP contribution in [-0.2, 0) is 19.6 Å². The monoisotopic (exact) mass is 541 g/mol. The van der Waals surface area contributed by atoms with Crippen LogP contribution in [0, 0.1) is 11.6 Å². The Labute approximate surface area is 228 Å². The maximum absolute atomic E-state index is 15.4. The van der Waals surface area contributed by atoms with Gasteiger partial charge in [0.05, 0.1) is 29.5 Å². The number of hydrogen-bond acceptors (Lipinski definition) is 4. The molecule has 0 saturated heterocycles. The Balaban J connectivity index is 1.23. The van der Waals surface area contributed by atoms with Crippen molar-refractivity contribution in [3.05, 3.63) is 137 Å². The number of rotatable bonds is 8. The van der Waals surface area contributed by atoms with E-state index in [1.165, 1.54) is 12.1 Å². The van der Waals surface area contributed by atoms with E-state index in [4.69, 9.17) is 25.7 Å². The van der Waals surface area contributed by atoms with Crippen molar-refractivity contribution in [2.75, 3.05) is 0 Å². The summed E-state index contributed by atoms with van der Waals surface area (Å²) < 4.78 is 42.7. The summed E-state index contributed by atoms with van der Waals surface area (Å²) in [4.78, 5) is 9.25. The second kappa shape index (κ2) is 10.7. The van der Waals surface area contributed by atoms with Gasteiger partial charge in [-0.1, -0.05) is 48.0 Å². The average Bonchev–Trinajstić information content (AvgIpc) is 3.58. The van der Waals surface area contributed by atoms with E-state index in [1.807, 2.05) is 47.0 Å². The number of ether oxygens (including phenoxy) is 1. The molecule has 0 bridgehead atoms. The lowest BCUT2D eigenvalue weighted by atomic mass is 10.1. The van der Waals surface area contributed by atoms with Crippen LogP contribution in [0.4, 0.5) is 8.78 Å². The third-order valence-electron chi connectivity index (χ3n) is 6.44. The van der Waals surface area contributed by atoms with Crippen LogP contribution < -0.4 is 4.74 Å². The Morgan fingerprint density at radius 3 is 2.49 bits per heavy atom. The number of hydrogen-bond donors (Lipinski definition) is 0. The van der Waals surface area contributed by atoms with Crippen molar-refractivity contribution in [1.82, 2.24) is 14.5 Å². The van der Waals surface area contributed by atoms with E-state index < -0.39 is 5.82 Å². The number of aromatic nitrogens is 3. The molecule has 0 spiro atoms. The molecule has 8 heteroatoms. The van der Waals surface area contributed by atoms with Gasteiger partial charge in [0, 0.05) is 28.6 Å². The SMILES string of the molecule is Fc1cc(Cl)ccc1COc1cccc(-c2ccc(Cc3nc4ccccc4n3Cc3ccco3)c(F)c2)n1. The summed E-state index contributed by atoms with van der Waals surface area (Å²) in [6, 6.07) is 26.2. The van der Waals surface area contributed by atoms with E-state index in [0.29, 0.717) is 46.3 Å². The van der Waals surface area contributed by atoms with Crippen molar-refractivity contribution < 1.29 is 17.9 Å². The maximum atomic E-state index is 15.4. The first-order valence-electron chi connectivity index (χ1n) is 12.3. The predicted molar refractivity (Wildman–Crippen MR) is 146 cm³/mol. The fourth-order valence-electron chi connectivity index (χ4n) is 4.46. The van der Waals surface area contributed by atoms with Crippen LogP contribution in [0.2, 0.25) is 5.02 Å². The standard InChI is InChI=1S/C31H22ClF2N3O2/c32-23-13-12-22(26(34)17-23)19-39-31-9-3-7-27(36-31)21-11-10-20(25(33)15-21)16-30-35-28-6-1-2-8-29(28)37(30)18-24-5-4-14-38-24/h1-15,17H,16,18-19H2. The molecule has 3 aromatic carbocycles. The minimum Gasteiger partial charge on any atom is -0.473 e. The van der Waals surface area contributed by atoms with Gasteiger partial charge in [-0.25, -0.2) is 18.7 Å². The van der Waals surface area contributed by atoms with E-state index in [9.17, 15) is 4.39 Å². The number of para-hydroxylation sites is 2. The van der Waals surface area contributed by atoms with Crippen molar-refractivity contribution >= 4 is 22.6 Å². The topological polar surface area (TPSA) is 53.1 Å². The third kappa shape index (κ3) is 5.40. The lowest BCUT2D eigenvalue weighted by Crippen LogP contribution is -2.06. The summed E-state index contributed by atoms with van der Waals surface area (Å²) in [6.45, 7) is 0.491. The van der Waals surface area contributed by atoms with Gasteiger partial charge < -0.3 is 13.7 Å². The molecule has 0 aliphatic rings. The van der Waals surface area contributed by atoms with Gasteiger partial charge >= 0.3 is 0 Å². The Hall–Kier alpha value is -4.49. The van der Waals surface area contributed by atoms with Gasteiger partial charge in [-0.15, -0.1) is 0 Å². The van der Waals surface area contributed by atoms with E-state index in [2.05, 4.69) is 4.98 Å². The molecule has 0 saturated carbocycles. The molecule has 6 aromatic rings. The largest absolute Gasteiger partial charge is 0.473 e. The van der Waals surface area contributed by atoms with Gasteiger partial charge in [-0.05, 0) is 54.1 Å². The zero-order valence-electron chi connectivity index (χ0n) is 20.7. The molecule has 0 fully saturated rings. The number of furan rings is 1. The predicted octanol–water partition coefficient (Wildman–Crippen LogP) is 7.84. The summed E-state index contributed by atoms with van der Waals surface area (Å²) in [6.07, 6.45) is 1.95. The first-order valence-corrected chi connectivity index (χ1v) is 12.7. The molecular weight excluding hydrogens is 520 g/mol. The number of benzene rings is 3. The summed E-state index contributed by atoms with van der Waals surface area (Å²) in [5.74, 6) is 1.02. The van der Waals surface area contributed by atoms with Crippen molar-refractivity contribution in [2.45, 2.75) is 19.6 Å². The number of nitrogens with zero attached hydrogens (tertiary/aromatic N) is 3. The molecule has 39 heavy (non-hydrogen) atoms. The van der Waals surface area contributed by atoms with Crippen LogP contribution in [0.25, 0.3) is 22.3 Å². The quantitative estimate of drug-likeness (QED) is 0.197. The lowest BCUT2D eigenvalue weighted by Gasteiger charge is -2.11. The maximum Gasteiger partial charge on any atom is 0.214 e. The highest BCUT2D eigenvalue weighted by Gasteiger charge is 2.15. The van der Waals surface area contributed by atoms with E-state index in [-0.39, 0.29) is 12.4 Å². The first kappa shape index (κ1) is 24.8. The van der Waals surface area contributed by atoms with Gasteiger partial charge in [0.15, 0.2) is 0 Å². The molecule has 0 aliphatic carbocycles. The van der Waals surface area contributed by atoms with E-state index in [0.717, 1.165) is 22.6 Å². The fourth-order valence-corrected chi connectivity index (χ4v) is 4.62. The highest BCUT2D eigenvalue weighted by atomic mass is 35.5. The van der Waals surface area contributed by atoms with Crippen LogP contribution in [0.3, 0.4) is 0 Å². The zero-order chi connectivity index (χ0) is 26.8. The molecule has 0 N–H and O–H groups in total. The second-order valence-corrected chi connectivity index (χ2v) is 9.49. The van der Waals surface area contributed by atoms with Gasteiger partial charge in [0.2, 0.25) is 5.88 Å². The fraction of sp³-hybridized carbons (Fsp3) is 0.0968. The second-order valence-electron chi connectivity index (χ2n) is 9.05. The molecule has 5 nitrogen and oxygen atoms in total.